The van der Waals surface area contributed by atoms with Gasteiger partial charge in [-0.3, -0.25) is 14.8 Å². The molecule has 1 atom stereocenters. The molecule has 1 aliphatic carbocycles. The van der Waals surface area contributed by atoms with Gasteiger partial charge in [-0.15, -0.1) is 0 Å². The molecule has 0 radical (unpaired) electrons. The van der Waals surface area contributed by atoms with Gasteiger partial charge in [-0.2, -0.15) is 0 Å². The number of amides is 1. The molecular formula is C34H36N8O3. The molecule has 1 aliphatic rings. The average Bonchev–Trinajstić information content (AvgIpc) is 3.45. The van der Waals surface area contributed by atoms with Crippen LogP contribution < -0.4 is 16.8 Å². The highest BCUT2D eigenvalue weighted by Crippen LogP contribution is 2.37. The van der Waals surface area contributed by atoms with Crippen molar-refractivity contribution in [2.45, 2.75) is 57.0 Å². The van der Waals surface area contributed by atoms with Crippen LogP contribution in [0.15, 0.2) is 77.9 Å². The number of nitrogens with one attached hydrogen (secondary N) is 1. The second-order valence-corrected chi connectivity index (χ2v) is 11.4. The number of guanidine groups is 1. The van der Waals surface area contributed by atoms with Crippen LogP contribution >= 0.6 is 0 Å². The van der Waals surface area contributed by atoms with Gasteiger partial charge in [-0.25, -0.2) is 14.8 Å². The molecule has 230 valence electrons. The summed E-state index contributed by atoms with van der Waals surface area (Å²) >= 11 is 0. The molecular weight excluding hydrogens is 568 g/mol. The van der Waals surface area contributed by atoms with E-state index < -0.39 is 17.9 Å². The maximum atomic E-state index is 13.2. The average molecular weight is 605 g/mol. The third kappa shape index (κ3) is 6.62. The van der Waals surface area contributed by atoms with E-state index in [0.717, 1.165) is 64.9 Å². The van der Waals surface area contributed by atoms with Crippen LogP contribution in [-0.2, 0) is 4.79 Å². The van der Waals surface area contributed by atoms with E-state index in [4.69, 9.17) is 26.4 Å². The molecule has 1 saturated carbocycles. The zero-order valence-corrected chi connectivity index (χ0v) is 24.9. The van der Waals surface area contributed by atoms with Crippen molar-refractivity contribution in [2.75, 3.05) is 6.54 Å². The number of nitrogens with two attached hydrogens (primary N) is 2. The molecule has 11 heteroatoms. The van der Waals surface area contributed by atoms with Gasteiger partial charge >= 0.3 is 5.97 Å². The van der Waals surface area contributed by atoms with Gasteiger partial charge in [0, 0.05) is 29.3 Å². The molecule has 0 aliphatic heterocycles. The largest absolute Gasteiger partial charge is 0.480 e. The van der Waals surface area contributed by atoms with E-state index in [-0.39, 0.29) is 25.0 Å². The molecule has 2 heterocycles. The number of carboxylic acids is 1. The van der Waals surface area contributed by atoms with Crippen molar-refractivity contribution in [2.24, 2.45) is 16.5 Å². The molecule has 6 rings (SSSR count). The standard InChI is InChI=1S/C34H36N8O3/c35-34(36)37-17-7-12-26(33(44)45)41-32(43)23-14-16-30-28(19-23)40-31(42(30)24-10-5-2-6-11-24)22-13-15-25-27(18-22)38-20-29(39-25)21-8-3-1-4-9-21/h1,3-4,8-9,13-16,18-20,24,26H,2,5-7,10-12,17H2,(H,41,43)(H,44,45)(H4,35,36,37). The zero-order valence-electron chi connectivity index (χ0n) is 24.9. The highest BCUT2D eigenvalue weighted by atomic mass is 16.4. The maximum Gasteiger partial charge on any atom is 0.326 e. The van der Waals surface area contributed by atoms with E-state index in [1.54, 1.807) is 18.3 Å². The summed E-state index contributed by atoms with van der Waals surface area (Å²) in [5.41, 5.74) is 17.0. The monoisotopic (exact) mass is 604 g/mol. The van der Waals surface area contributed by atoms with E-state index in [1.807, 2.05) is 54.6 Å². The van der Waals surface area contributed by atoms with Gasteiger partial charge in [0.15, 0.2) is 5.96 Å². The number of rotatable bonds is 10. The van der Waals surface area contributed by atoms with E-state index in [2.05, 4.69) is 14.9 Å². The van der Waals surface area contributed by atoms with E-state index in [9.17, 15) is 14.7 Å². The molecule has 0 saturated heterocycles. The molecule has 3 aromatic carbocycles. The third-order valence-corrected chi connectivity index (χ3v) is 8.31. The van der Waals surface area contributed by atoms with Gasteiger partial charge in [0.1, 0.15) is 11.9 Å². The van der Waals surface area contributed by atoms with Crippen molar-refractivity contribution >= 4 is 39.9 Å². The molecule has 1 unspecified atom stereocenters. The Morgan fingerprint density at radius 3 is 2.49 bits per heavy atom. The van der Waals surface area contributed by atoms with Crippen molar-refractivity contribution in [1.29, 1.82) is 0 Å². The third-order valence-electron chi connectivity index (χ3n) is 8.31. The van der Waals surface area contributed by atoms with Crippen LogP contribution in [-0.4, -0.2) is 55.0 Å². The van der Waals surface area contributed by atoms with E-state index >= 15 is 0 Å². The smallest absolute Gasteiger partial charge is 0.326 e. The topological polar surface area (TPSA) is 174 Å². The SMILES string of the molecule is NC(N)=NCCCC(NC(=O)c1ccc2c(c1)nc(-c1ccc3nc(-c4ccccc4)cnc3c1)n2C1CCCCC1)C(=O)O. The van der Waals surface area contributed by atoms with E-state index in [0.29, 0.717) is 17.5 Å². The fourth-order valence-corrected chi connectivity index (χ4v) is 6.05. The first-order chi connectivity index (χ1) is 21.9. The van der Waals surface area contributed by atoms with Gasteiger partial charge in [-0.05, 0) is 62.1 Å². The highest BCUT2D eigenvalue weighted by Gasteiger charge is 2.25. The molecule has 2 aromatic heterocycles. The fourth-order valence-electron chi connectivity index (χ4n) is 6.05. The molecule has 1 amide bonds. The van der Waals surface area contributed by atoms with Crippen LogP contribution in [0.25, 0.3) is 44.7 Å². The fraction of sp³-hybridized carbons (Fsp3) is 0.294. The van der Waals surface area contributed by atoms with Crippen LogP contribution in [0.1, 0.15) is 61.3 Å². The molecule has 11 nitrogen and oxygen atoms in total. The Balaban J connectivity index is 1.32. The summed E-state index contributed by atoms with van der Waals surface area (Å²) in [5.74, 6) is -0.836. The number of fused-ring (bicyclic) bond motifs is 2. The van der Waals surface area contributed by atoms with Crippen molar-refractivity contribution in [3.8, 4) is 22.6 Å². The molecule has 0 spiro atoms. The lowest BCUT2D eigenvalue weighted by Gasteiger charge is -2.25. The van der Waals surface area contributed by atoms with Gasteiger partial charge in [0.05, 0.1) is 34.0 Å². The Morgan fingerprint density at radius 2 is 1.73 bits per heavy atom. The summed E-state index contributed by atoms with van der Waals surface area (Å²) in [6, 6.07) is 20.6. The second kappa shape index (κ2) is 13.1. The Labute approximate surface area is 260 Å². The number of imidazole rings is 1. The molecule has 0 bridgehead atoms. The Kier molecular flexibility index (Phi) is 8.68. The number of aliphatic carboxylic acids is 1. The normalized spacial score (nSPS) is 14.3. The number of aromatic nitrogens is 4. The van der Waals surface area contributed by atoms with Crippen LogP contribution in [0, 0.1) is 0 Å². The first kappa shape index (κ1) is 29.7. The first-order valence-corrected chi connectivity index (χ1v) is 15.3. The quantitative estimate of drug-likeness (QED) is 0.0972. The Hall–Kier alpha value is -5.32. The minimum atomic E-state index is -1.12. The Bertz CT molecular complexity index is 1880. The summed E-state index contributed by atoms with van der Waals surface area (Å²) in [7, 11) is 0. The zero-order chi connectivity index (χ0) is 31.3. The minimum absolute atomic E-state index is 0.0555. The van der Waals surface area contributed by atoms with E-state index in [1.165, 1.54) is 6.42 Å². The summed E-state index contributed by atoms with van der Waals surface area (Å²) in [5, 5.41) is 12.3. The van der Waals surface area contributed by atoms with Gasteiger partial charge < -0.3 is 26.5 Å². The first-order valence-electron chi connectivity index (χ1n) is 15.3. The van der Waals surface area contributed by atoms with Crippen LogP contribution in [0.3, 0.4) is 0 Å². The lowest BCUT2D eigenvalue weighted by molar-refractivity contribution is -0.139. The molecule has 1 fully saturated rings. The lowest BCUT2D eigenvalue weighted by Crippen LogP contribution is -2.40. The molecule has 5 aromatic rings. The number of benzene rings is 3. The number of aliphatic imine (C=N–C) groups is 1. The van der Waals surface area contributed by atoms with Crippen LogP contribution in [0.4, 0.5) is 0 Å². The number of carboxylic acid groups (broad SMARTS) is 1. The predicted octanol–water partition coefficient (Wildman–Crippen LogP) is 5.06. The molecule has 45 heavy (non-hydrogen) atoms. The second-order valence-electron chi connectivity index (χ2n) is 11.4. The number of carbonyl (C=O) groups excluding carboxylic acids is 1. The minimum Gasteiger partial charge on any atom is -0.480 e. The summed E-state index contributed by atoms with van der Waals surface area (Å²) < 4.78 is 2.30. The number of hydrogen-bond donors (Lipinski definition) is 4. The number of carbonyl (C=O) groups is 2. The summed E-state index contributed by atoms with van der Waals surface area (Å²) in [6.07, 6.45) is 8.01. The maximum absolute atomic E-state index is 13.2. The lowest BCUT2D eigenvalue weighted by atomic mass is 9.94. The van der Waals surface area contributed by atoms with Crippen molar-refractivity contribution < 1.29 is 14.7 Å². The summed E-state index contributed by atoms with van der Waals surface area (Å²) in [4.78, 5) is 43.5. The van der Waals surface area contributed by atoms with Crippen molar-refractivity contribution in [3.05, 3.63) is 78.5 Å². The van der Waals surface area contributed by atoms with Crippen LogP contribution in [0.2, 0.25) is 0 Å². The van der Waals surface area contributed by atoms with Gasteiger partial charge in [0.2, 0.25) is 0 Å². The van der Waals surface area contributed by atoms with Crippen molar-refractivity contribution in [3.63, 3.8) is 0 Å². The Morgan fingerprint density at radius 1 is 0.933 bits per heavy atom. The van der Waals surface area contributed by atoms with Gasteiger partial charge in [0.25, 0.3) is 5.91 Å². The predicted molar refractivity (Wildman–Crippen MR) is 175 cm³/mol. The molecule has 6 N–H and O–H groups in total. The summed E-state index contributed by atoms with van der Waals surface area (Å²) in [6.45, 7) is 0.282. The number of nitrogens with zero attached hydrogens (tertiary/aromatic N) is 5. The number of hydrogen-bond acceptors (Lipinski definition) is 6. The van der Waals surface area contributed by atoms with Gasteiger partial charge in [-0.1, -0.05) is 49.6 Å². The highest BCUT2D eigenvalue weighted by molar-refractivity contribution is 5.99. The van der Waals surface area contributed by atoms with Crippen molar-refractivity contribution in [1.82, 2.24) is 24.8 Å². The van der Waals surface area contributed by atoms with Crippen LogP contribution in [0.5, 0.6) is 0 Å².